The van der Waals surface area contributed by atoms with Gasteiger partial charge in [-0.1, -0.05) is 0 Å². The Morgan fingerprint density at radius 3 is 3.09 bits per heavy atom. The lowest BCUT2D eigenvalue weighted by molar-refractivity contribution is -0.0178. The van der Waals surface area contributed by atoms with Crippen LogP contribution < -0.4 is 5.56 Å². The fraction of sp³-hybridized carbons (Fsp3) is 0.455. The van der Waals surface area contributed by atoms with Crippen LogP contribution in [0.4, 0.5) is 4.39 Å². The number of ether oxygens (including phenoxy) is 1. The van der Waals surface area contributed by atoms with E-state index in [0.717, 1.165) is 0 Å². The van der Waals surface area contributed by atoms with Crippen molar-refractivity contribution in [2.45, 2.75) is 25.2 Å². The van der Waals surface area contributed by atoms with Crippen LogP contribution in [0.5, 0.6) is 0 Å². The van der Waals surface area contributed by atoms with E-state index in [-0.39, 0.29) is 17.6 Å². The summed E-state index contributed by atoms with van der Waals surface area (Å²) < 4.78 is 25.8. The third kappa shape index (κ3) is 3.12. The Hall–Kier alpha value is -1.16. The molecule has 8 nitrogen and oxygen atoms in total. The highest BCUT2D eigenvalue weighted by Crippen LogP contribution is 2.39. The van der Waals surface area contributed by atoms with Crippen molar-refractivity contribution in [3.05, 3.63) is 28.7 Å². The van der Waals surface area contributed by atoms with Crippen LogP contribution in [0.15, 0.2) is 17.3 Å². The molecule has 120 valence electrons. The average molecular weight is 349 g/mol. The van der Waals surface area contributed by atoms with Gasteiger partial charge >= 0.3 is 6.72 Å². The van der Waals surface area contributed by atoms with Gasteiger partial charge in [0, 0.05) is 6.20 Å². The number of H-pyrrole nitrogens is 1. The van der Waals surface area contributed by atoms with E-state index in [4.69, 9.17) is 19.0 Å². The molecule has 1 aliphatic rings. The highest BCUT2D eigenvalue weighted by Gasteiger charge is 2.30. The van der Waals surface area contributed by atoms with E-state index >= 15 is 0 Å². The van der Waals surface area contributed by atoms with E-state index < -0.39 is 30.4 Å². The van der Waals surface area contributed by atoms with Crippen molar-refractivity contribution in [3.8, 4) is 0 Å². The smallest absolute Gasteiger partial charge is 0.321 e. The number of rotatable bonds is 4. The molecule has 3 rings (SSSR count). The number of aromatic amines is 1. The summed E-state index contributed by atoms with van der Waals surface area (Å²) in [7, 11) is 0. The number of nitrogens with one attached hydrogen (secondary N) is 1. The number of aromatic nitrogens is 3. The number of halogens is 1. The topological polar surface area (TPSA) is 110 Å². The van der Waals surface area contributed by atoms with Crippen LogP contribution in [-0.4, -0.2) is 37.0 Å². The van der Waals surface area contributed by atoms with E-state index in [2.05, 4.69) is 21.8 Å². The highest BCUT2D eigenvalue weighted by atomic mass is 32.5. The summed E-state index contributed by atoms with van der Waals surface area (Å²) in [6.07, 6.45) is 2.59. The molecule has 0 aromatic carbocycles. The summed E-state index contributed by atoms with van der Waals surface area (Å²) >= 11 is 4.36. The lowest BCUT2D eigenvalue weighted by Crippen LogP contribution is -2.16. The zero-order chi connectivity index (χ0) is 15.9. The molecular weight excluding hydrogens is 336 g/mol. The van der Waals surface area contributed by atoms with Gasteiger partial charge in [-0.25, -0.2) is 9.37 Å². The first-order valence-corrected chi connectivity index (χ1v) is 9.07. The first-order valence-electron chi connectivity index (χ1n) is 6.44. The fourth-order valence-electron chi connectivity index (χ4n) is 2.46. The number of hydrogen-bond donors (Lipinski definition) is 3. The molecule has 0 radical (unpaired) electrons. The summed E-state index contributed by atoms with van der Waals surface area (Å²) in [5.74, 6) is -0.672. The molecule has 1 unspecified atom stereocenters. The normalized spacial score (nSPS) is 22.5. The lowest BCUT2D eigenvalue weighted by atomic mass is 10.2. The van der Waals surface area contributed by atoms with E-state index in [9.17, 15) is 9.18 Å². The van der Waals surface area contributed by atoms with Gasteiger partial charge in [0.2, 0.25) is 0 Å². The first kappa shape index (κ1) is 15.7. The molecule has 0 amide bonds. The molecule has 2 aromatic rings. The standard InChI is InChI=1S/C11H13FN3O5PS/c12-7-3-15(10-9(7)11(16)14-5-13-10)8-2-1-6(20-8)4-19-21(17,18)22/h3,5-6,8H,1-2,4H2,(H,13,14,16)(H2,17,18,22)/t6-,8?/m0/s1. The largest absolute Gasteiger partial charge is 0.352 e. The fourth-order valence-corrected chi connectivity index (χ4v) is 3.01. The van der Waals surface area contributed by atoms with Gasteiger partial charge in [-0.15, -0.1) is 0 Å². The second-order valence-electron chi connectivity index (χ2n) is 4.89. The Balaban J connectivity index is 1.81. The van der Waals surface area contributed by atoms with Crippen LogP contribution in [0.3, 0.4) is 0 Å². The van der Waals surface area contributed by atoms with Crippen LogP contribution in [0.1, 0.15) is 19.1 Å². The average Bonchev–Trinajstić information content (AvgIpc) is 3.01. The Morgan fingerprint density at radius 2 is 2.36 bits per heavy atom. The van der Waals surface area contributed by atoms with Crippen LogP contribution in [0, 0.1) is 5.82 Å². The maximum atomic E-state index is 13.9. The van der Waals surface area contributed by atoms with Crippen LogP contribution >= 0.6 is 6.72 Å². The Labute approximate surface area is 128 Å². The Morgan fingerprint density at radius 1 is 1.59 bits per heavy atom. The van der Waals surface area contributed by atoms with Crippen molar-refractivity contribution in [2.24, 2.45) is 0 Å². The van der Waals surface area contributed by atoms with Crippen molar-refractivity contribution in [2.75, 3.05) is 6.61 Å². The van der Waals surface area contributed by atoms with E-state index in [1.165, 1.54) is 17.1 Å². The van der Waals surface area contributed by atoms with Crippen molar-refractivity contribution in [1.29, 1.82) is 0 Å². The van der Waals surface area contributed by atoms with Gasteiger partial charge in [0.15, 0.2) is 11.5 Å². The van der Waals surface area contributed by atoms with Gasteiger partial charge in [-0.3, -0.25) is 4.79 Å². The maximum absolute atomic E-state index is 13.9. The molecule has 1 fully saturated rings. The number of nitrogens with zero attached hydrogens (tertiary/aromatic N) is 2. The summed E-state index contributed by atoms with van der Waals surface area (Å²) in [6, 6.07) is 0. The van der Waals surface area contributed by atoms with Crippen molar-refractivity contribution >= 4 is 29.6 Å². The van der Waals surface area contributed by atoms with Crippen LogP contribution in [0.25, 0.3) is 11.0 Å². The van der Waals surface area contributed by atoms with Crippen molar-refractivity contribution in [1.82, 2.24) is 14.5 Å². The predicted molar refractivity (Wildman–Crippen MR) is 78.1 cm³/mol. The third-order valence-corrected chi connectivity index (χ3v) is 4.19. The van der Waals surface area contributed by atoms with Gasteiger partial charge in [0.1, 0.15) is 11.6 Å². The molecule has 0 bridgehead atoms. The second-order valence-corrected chi connectivity index (χ2v) is 7.56. The summed E-state index contributed by atoms with van der Waals surface area (Å²) in [6.45, 7) is -3.78. The quantitative estimate of drug-likeness (QED) is 0.699. The minimum atomic E-state index is -3.72. The van der Waals surface area contributed by atoms with Gasteiger partial charge in [0.25, 0.3) is 5.56 Å². The molecule has 0 aliphatic carbocycles. The van der Waals surface area contributed by atoms with E-state index in [0.29, 0.717) is 12.8 Å². The van der Waals surface area contributed by atoms with Crippen LogP contribution in [0.2, 0.25) is 0 Å². The van der Waals surface area contributed by atoms with Gasteiger partial charge < -0.3 is 28.6 Å². The van der Waals surface area contributed by atoms with Gasteiger partial charge in [-0.2, -0.15) is 0 Å². The third-order valence-electron chi connectivity index (χ3n) is 3.39. The predicted octanol–water partition coefficient (Wildman–Crippen LogP) is 0.767. The molecule has 1 saturated heterocycles. The molecule has 0 saturated carbocycles. The van der Waals surface area contributed by atoms with E-state index in [1.54, 1.807) is 0 Å². The van der Waals surface area contributed by atoms with Crippen LogP contribution in [-0.2, 0) is 21.1 Å². The zero-order valence-electron chi connectivity index (χ0n) is 11.2. The molecule has 11 heteroatoms. The minimum Gasteiger partial charge on any atom is -0.352 e. The Bertz CT molecular complexity index is 803. The van der Waals surface area contributed by atoms with Crippen molar-refractivity contribution in [3.63, 3.8) is 0 Å². The lowest BCUT2D eigenvalue weighted by Gasteiger charge is -2.16. The zero-order valence-corrected chi connectivity index (χ0v) is 12.9. The first-order chi connectivity index (χ1) is 10.3. The molecule has 22 heavy (non-hydrogen) atoms. The second kappa shape index (κ2) is 5.80. The minimum absolute atomic E-state index is 0.0591. The van der Waals surface area contributed by atoms with E-state index in [1.807, 2.05) is 0 Å². The summed E-state index contributed by atoms with van der Waals surface area (Å²) in [4.78, 5) is 36.0. The summed E-state index contributed by atoms with van der Waals surface area (Å²) in [5.41, 5.74) is -0.359. The highest BCUT2D eigenvalue weighted by molar-refractivity contribution is 8.06. The SMILES string of the molecule is O=c1[nH]cnc2c1c(F)cn2C1CC[C@@H](COP(O)(O)=S)O1. The molecule has 2 atom stereocenters. The Kier molecular flexibility index (Phi) is 4.15. The maximum Gasteiger partial charge on any atom is 0.321 e. The summed E-state index contributed by atoms with van der Waals surface area (Å²) in [5, 5.41) is -0.119. The van der Waals surface area contributed by atoms with Gasteiger partial charge in [0.05, 0.1) is 19.0 Å². The molecule has 0 spiro atoms. The van der Waals surface area contributed by atoms with Gasteiger partial charge in [-0.05, 0) is 24.6 Å². The monoisotopic (exact) mass is 349 g/mol. The molecule has 3 heterocycles. The molecule has 3 N–H and O–H groups in total. The molecule has 2 aromatic heterocycles. The number of fused-ring (bicyclic) bond motifs is 1. The van der Waals surface area contributed by atoms with Crippen molar-refractivity contribution < 1.29 is 23.4 Å². The number of hydrogen-bond acceptors (Lipinski definition) is 5. The molecular formula is C11H13FN3O5PS. The molecule has 1 aliphatic heterocycles.